The van der Waals surface area contributed by atoms with E-state index < -0.39 is 11.7 Å². The highest BCUT2D eigenvalue weighted by Crippen LogP contribution is 2.07. The van der Waals surface area contributed by atoms with Gasteiger partial charge in [-0.15, -0.1) is 0 Å². The summed E-state index contributed by atoms with van der Waals surface area (Å²) >= 11 is 0. The molecule has 1 N–H and O–H groups in total. The summed E-state index contributed by atoms with van der Waals surface area (Å²) in [6, 6.07) is 7.79. The Bertz CT molecular complexity index is 435. The van der Waals surface area contributed by atoms with E-state index >= 15 is 0 Å². The zero-order valence-corrected chi connectivity index (χ0v) is 11.7. The van der Waals surface area contributed by atoms with E-state index in [2.05, 4.69) is 5.32 Å². The third-order valence-corrected chi connectivity index (χ3v) is 2.39. The van der Waals surface area contributed by atoms with E-state index in [-0.39, 0.29) is 0 Å². The molecule has 1 aromatic carbocycles. The minimum absolute atomic E-state index is 0.406. The molecule has 0 atom stereocenters. The molecule has 0 bridgehead atoms. The molecule has 1 aromatic rings. The predicted molar refractivity (Wildman–Crippen MR) is 74.2 cm³/mol. The number of hydrogen-bond donors (Lipinski definition) is 1. The van der Waals surface area contributed by atoms with Crippen molar-refractivity contribution in [2.24, 2.45) is 0 Å². The molecule has 0 saturated heterocycles. The first-order valence-electron chi connectivity index (χ1n) is 6.39. The summed E-state index contributed by atoms with van der Waals surface area (Å²) < 4.78 is 5.14. The second-order valence-electron chi connectivity index (χ2n) is 5.37. The monoisotopic (exact) mass is 263 g/mol. The molecule has 0 radical (unpaired) electrons. The van der Waals surface area contributed by atoms with Gasteiger partial charge in [0.2, 0.25) is 0 Å². The Labute approximate surface area is 114 Å². The Morgan fingerprint density at radius 2 is 2.00 bits per heavy atom. The van der Waals surface area contributed by atoms with Crippen molar-refractivity contribution in [3.63, 3.8) is 0 Å². The summed E-state index contributed by atoms with van der Waals surface area (Å²) in [6.45, 7) is 6.00. The Morgan fingerprint density at radius 3 is 2.63 bits per heavy atom. The Morgan fingerprint density at radius 1 is 1.32 bits per heavy atom. The first-order chi connectivity index (χ1) is 8.90. The molecule has 0 aliphatic rings. The Kier molecular flexibility index (Phi) is 5.55. The fourth-order valence-corrected chi connectivity index (χ4v) is 1.63. The van der Waals surface area contributed by atoms with E-state index in [0.717, 1.165) is 17.4 Å². The number of benzene rings is 1. The van der Waals surface area contributed by atoms with Gasteiger partial charge in [-0.1, -0.05) is 24.3 Å². The second kappa shape index (κ2) is 6.92. The minimum atomic E-state index is -0.478. The first-order valence-corrected chi connectivity index (χ1v) is 6.39. The molecule has 0 aliphatic heterocycles. The highest BCUT2D eigenvalue weighted by atomic mass is 16.6. The van der Waals surface area contributed by atoms with Gasteiger partial charge >= 0.3 is 6.09 Å². The van der Waals surface area contributed by atoms with Crippen LogP contribution in [0.1, 0.15) is 31.9 Å². The number of carbonyl (C=O) groups excluding carboxylic acids is 2. The molecule has 1 rings (SSSR count). The highest BCUT2D eigenvalue weighted by molar-refractivity contribution is 5.67. The lowest BCUT2D eigenvalue weighted by Gasteiger charge is -2.19. The number of hydrogen-bond acceptors (Lipinski definition) is 3. The summed E-state index contributed by atoms with van der Waals surface area (Å²) in [6.07, 6.45) is 1.62. The molecule has 0 aliphatic carbocycles. The van der Waals surface area contributed by atoms with Crippen LogP contribution in [0.3, 0.4) is 0 Å². The summed E-state index contributed by atoms with van der Waals surface area (Å²) in [5, 5.41) is 2.71. The number of alkyl carbamates (subject to hydrolysis) is 1. The fourth-order valence-electron chi connectivity index (χ4n) is 1.63. The lowest BCUT2D eigenvalue weighted by atomic mass is 10.1. The van der Waals surface area contributed by atoms with Crippen LogP contribution in [0.4, 0.5) is 4.79 Å². The largest absolute Gasteiger partial charge is 0.444 e. The molecule has 0 spiro atoms. The third kappa shape index (κ3) is 6.60. The van der Waals surface area contributed by atoms with Crippen LogP contribution in [0, 0.1) is 0 Å². The molecule has 0 heterocycles. The second-order valence-corrected chi connectivity index (χ2v) is 5.37. The molecule has 1 amide bonds. The van der Waals surface area contributed by atoms with Crippen LogP contribution in [0.5, 0.6) is 0 Å². The molecule has 0 fully saturated rings. The van der Waals surface area contributed by atoms with Crippen LogP contribution >= 0.6 is 0 Å². The van der Waals surface area contributed by atoms with Crippen LogP contribution in [0.15, 0.2) is 24.3 Å². The van der Waals surface area contributed by atoms with E-state index in [4.69, 9.17) is 4.74 Å². The molecule has 0 aromatic heterocycles. The van der Waals surface area contributed by atoms with Gasteiger partial charge < -0.3 is 14.8 Å². The summed E-state index contributed by atoms with van der Waals surface area (Å²) in [5.74, 6) is 0. The topological polar surface area (TPSA) is 55.4 Å². The van der Waals surface area contributed by atoms with Crippen molar-refractivity contribution >= 4 is 12.4 Å². The normalized spacial score (nSPS) is 10.9. The van der Waals surface area contributed by atoms with E-state index in [1.54, 1.807) is 0 Å². The van der Waals surface area contributed by atoms with Gasteiger partial charge in [-0.25, -0.2) is 4.79 Å². The molecule has 19 heavy (non-hydrogen) atoms. The fraction of sp³-hybridized carbons (Fsp3) is 0.467. The van der Waals surface area contributed by atoms with Crippen LogP contribution in [0.2, 0.25) is 0 Å². The smallest absolute Gasteiger partial charge is 0.407 e. The molecular weight excluding hydrogens is 242 g/mol. The van der Waals surface area contributed by atoms with Crippen LogP contribution in [-0.2, 0) is 22.4 Å². The van der Waals surface area contributed by atoms with Gasteiger partial charge in [0.05, 0.1) is 0 Å². The van der Waals surface area contributed by atoms with Gasteiger partial charge in [0, 0.05) is 13.0 Å². The van der Waals surface area contributed by atoms with E-state index in [1.165, 1.54) is 0 Å². The van der Waals surface area contributed by atoms with Crippen molar-refractivity contribution in [1.29, 1.82) is 0 Å². The number of nitrogens with one attached hydrogen (secondary N) is 1. The minimum Gasteiger partial charge on any atom is -0.444 e. The summed E-state index contributed by atoms with van der Waals surface area (Å²) in [4.78, 5) is 21.9. The van der Waals surface area contributed by atoms with E-state index in [9.17, 15) is 9.59 Å². The van der Waals surface area contributed by atoms with Crippen molar-refractivity contribution in [2.45, 2.75) is 39.2 Å². The quantitative estimate of drug-likeness (QED) is 0.830. The maximum absolute atomic E-state index is 11.4. The Hall–Kier alpha value is -1.84. The van der Waals surface area contributed by atoms with Crippen LogP contribution in [0.25, 0.3) is 0 Å². The molecule has 0 saturated carbocycles. The summed E-state index contributed by atoms with van der Waals surface area (Å²) in [5.41, 5.74) is 1.61. The van der Waals surface area contributed by atoms with E-state index in [0.29, 0.717) is 19.4 Å². The van der Waals surface area contributed by atoms with Crippen molar-refractivity contribution in [2.75, 3.05) is 6.54 Å². The lowest BCUT2D eigenvalue weighted by molar-refractivity contribution is -0.107. The average molecular weight is 263 g/mol. The molecule has 104 valence electrons. The van der Waals surface area contributed by atoms with Crippen LogP contribution < -0.4 is 5.32 Å². The van der Waals surface area contributed by atoms with Gasteiger partial charge in [-0.3, -0.25) is 0 Å². The van der Waals surface area contributed by atoms with Crippen molar-refractivity contribution in [3.8, 4) is 0 Å². The van der Waals surface area contributed by atoms with E-state index in [1.807, 2.05) is 45.0 Å². The molecule has 4 heteroatoms. The number of aldehydes is 1. The summed E-state index contributed by atoms with van der Waals surface area (Å²) in [7, 11) is 0. The SMILES string of the molecule is CC(C)(C)OC(=O)NCCc1cccc(CC=O)c1. The molecule has 0 unspecified atom stereocenters. The van der Waals surface area contributed by atoms with Gasteiger partial charge in [0.1, 0.15) is 11.9 Å². The van der Waals surface area contributed by atoms with Gasteiger partial charge in [0.25, 0.3) is 0 Å². The highest BCUT2D eigenvalue weighted by Gasteiger charge is 2.15. The lowest BCUT2D eigenvalue weighted by Crippen LogP contribution is -2.33. The average Bonchev–Trinajstić information content (AvgIpc) is 2.27. The zero-order chi connectivity index (χ0) is 14.3. The van der Waals surface area contributed by atoms with Gasteiger partial charge in [-0.05, 0) is 38.3 Å². The Balaban J connectivity index is 2.38. The third-order valence-electron chi connectivity index (χ3n) is 2.39. The number of carbonyl (C=O) groups is 2. The van der Waals surface area contributed by atoms with Crippen molar-refractivity contribution < 1.29 is 14.3 Å². The zero-order valence-electron chi connectivity index (χ0n) is 11.7. The first kappa shape index (κ1) is 15.2. The molecule has 4 nitrogen and oxygen atoms in total. The standard InChI is InChI=1S/C15H21NO3/c1-15(2,3)19-14(18)16-9-7-12-5-4-6-13(11-12)8-10-17/h4-6,10-11H,7-9H2,1-3H3,(H,16,18). The number of rotatable bonds is 5. The van der Waals surface area contributed by atoms with Gasteiger partial charge in [-0.2, -0.15) is 0 Å². The maximum Gasteiger partial charge on any atom is 0.407 e. The maximum atomic E-state index is 11.4. The number of amides is 1. The van der Waals surface area contributed by atoms with Crippen molar-refractivity contribution in [1.82, 2.24) is 5.32 Å². The number of ether oxygens (including phenoxy) is 1. The predicted octanol–water partition coefficient (Wildman–Crippen LogP) is 2.50. The molecular formula is C15H21NO3. The van der Waals surface area contributed by atoms with Gasteiger partial charge in [0.15, 0.2) is 0 Å². The van der Waals surface area contributed by atoms with Crippen LogP contribution in [-0.4, -0.2) is 24.5 Å². The van der Waals surface area contributed by atoms with Crippen molar-refractivity contribution in [3.05, 3.63) is 35.4 Å².